The van der Waals surface area contributed by atoms with Gasteiger partial charge >= 0.3 is 0 Å². The number of carbonyl (C=O) groups excluding carboxylic acids is 2. The Balaban J connectivity index is 2.00. The molecular weight excluding hydrogens is 250 g/mol. The van der Waals surface area contributed by atoms with Crippen molar-refractivity contribution in [3.05, 3.63) is 35.4 Å². The molecule has 3 heteroatoms. The van der Waals surface area contributed by atoms with Gasteiger partial charge < -0.3 is 4.90 Å². The molecule has 1 heterocycles. The second-order valence-electron chi connectivity index (χ2n) is 5.46. The van der Waals surface area contributed by atoms with Crippen molar-refractivity contribution in [2.75, 3.05) is 13.1 Å². The Bertz CT molecular complexity index is 458. The Morgan fingerprint density at radius 3 is 2.20 bits per heavy atom. The molecule has 0 aromatic heterocycles. The van der Waals surface area contributed by atoms with Crippen LogP contribution in [0.15, 0.2) is 24.3 Å². The van der Waals surface area contributed by atoms with E-state index in [1.54, 1.807) is 24.3 Å². The molecule has 0 bridgehead atoms. The van der Waals surface area contributed by atoms with E-state index in [4.69, 9.17) is 0 Å². The van der Waals surface area contributed by atoms with Gasteiger partial charge in [0.2, 0.25) is 0 Å². The SMILES string of the molecule is CCCCC(=O)c1ccc(C(=O)N2CCCCC2)cc1. The van der Waals surface area contributed by atoms with E-state index in [1.807, 2.05) is 4.90 Å². The highest BCUT2D eigenvalue weighted by molar-refractivity contribution is 5.98. The van der Waals surface area contributed by atoms with Crippen LogP contribution >= 0.6 is 0 Å². The smallest absolute Gasteiger partial charge is 0.253 e. The van der Waals surface area contributed by atoms with Gasteiger partial charge in [-0.3, -0.25) is 9.59 Å². The van der Waals surface area contributed by atoms with E-state index in [0.717, 1.165) is 38.8 Å². The van der Waals surface area contributed by atoms with Crippen molar-refractivity contribution >= 4 is 11.7 Å². The number of ketones is 1. The molecule has 0 spiro atoms. The zero-order chi connectivity index (χ0) is 14.4. The van der Waals surface area contributed by atoms with Gasteiger partial charge in [0.05, 0.1) is 0 Å². The van der Waals surface area contributed by atoms with Crippen LogP contribution in [0, 0.1) is 0 Å². The molecule has 3 nitrogen and oxygen atoms in total. The quantitative estimate of drug-likeness (QED) is 0.767. The largest absolute Gasteiger partial charge is 0.339 e. The summed E-state index contributed by atoms with van der Waals surface area (Å²) in [6, 6.07) is 7.15. The van der Waals surface area contributed by atoms with Crippen molar-refractivity contribution in [2.24, 2.45) is 0 Å². The highest BCUT2D eigenvalue weighted by Gasteiger charge is 2.18. The van der Waals surface area contributed by atoms with E-state index < -0.39 is 0 Å². The first kappa shape index (κ1) is 14.8. The predicted octanol–water partition coefficient (Wildman–Crippen LogP) is 3.69. The Morgan fingerprint density at radius 2 is 1.60 bits per heavy atom. The first-order chi connectivity index (χ1) is 9.72. The zero-order valence-corrected chi connectivity index (χ0v) is 12.2. The molecule has 0 unspecified atom stereocenters. The van der Waals surface area contributed by atoms with Crippen molar-refractivity contribution in [2.45, 2.75) is 45.4 Å². The molecule has 0 radical (unpaired) electrons. The number of piperidine rings is 1. The minimum Gasteiger partial charge on any atom is -0.339 e. The van der Waals surface area contributed by atoms with Crippen LogP contribution in [0.3, 0.4) is 0 Å². The second kappa shape index (κ2) is 7.22. The van der Waals surface area contributed by atoms with Gasteiger partial charge in [-0.25, -0.2) is 0 Å². The lowest BCUT2D eigenvalue weighted by atomic mass is 10.0. The fourth-order valence-electron chi connectivity index (χ4n) is 2.56. The maximum atomic E-state index is 12.3. The number of hydrogen-bond acceptors (Lipinski definition) is 2. The Morgan fingerprint density at radius 1 is 1.00 bits per heavy atom. The highest BCUT2D eigenvalue weighted by atomic mass is 16.2. The number of hydrogen-bond donors (Lipinski definition) is 0. The standard InChI is InChI=1S/C17H23NO2/c1-2-3-7-16(19)14-8-10-15(11-9-14)17(20)18-12-5-4-6-13-18/h8-11H,2-7,12-13H2,1H3. The van der Waals surface area contributed by atoms with Crippen LogP contribution in [0.2, 0.25) is 0 Å². The fourth-order valence-corrected chi connectivity index (χ4v) is 2.56. The minimum absolute atomic E-state index is 0.0947. The van der Waals surface area contributed by atoms with Gasteiger partial charge in [-0.1, -0.05) is 25.5 Å². The van der Waals surface area contributed by atoms with Gasteiger partial charge in [-0.2, -0.15) is 0 Å². The monoisotopic (exact) mass is 273 g/mol. The normalized spacial score (nSPS) is 15.2. The summed E-state index contributed by atoms with van der Waals surface area (Å²) in [6.45, 7) is 3.79. The predicted molar refractivity (Wildman–Crippen MR) is 80.1 cm³/mol. The first-order valence-electron chi connectivity index (χ1n) is 7.65. The Hall–Kier alpha value is -1.64. The molecular formula is C17H23NO2. The van der Waals surface area contributed by atoms with Crippen molar-refractivity contribution in [3.63, 3.8) is 0 Å². The molecule has 0 N–H and O–H groups in total. The molecule has 108 valence electrons. The van der Waals surface area contributed by atoms with Gasteiger partial charge in [0.25, 0.3) is 5.91 Å². The van der Waals surface area contributed by atoms with E-state index in [-0.39, 0.29) is 11.7 Å². The topological polar surface area (TPSA) is 37.4 Å². The molecule has 2 rings (SSSR count). The zero-order valence-electron chi connectivity index (χ0n) is 12.2. The number of nitrogens with zero attached hydrogens (tertiary/aromatic N) is 1. The number of Topliss-reactive ketones (excluding diaryl/α,β-unsaturated/α-hetero) is 1. The van der Waals surface area contributed by atoms with E-state index in [0.29, 0.717) is 17.5 Å². The van der Waals surface area contributed by atoms with Gasteiger partial charge in [0, 0.05) is 30.6 Å². The maximum absolute atomic E-state index is 12.3. The molecule has 1 fully saturated rings. The lowest BCUT2D eigenvalue weighted by Gasteiger charge is -2.26. The molecule has 20 heavy (non-hydrogen) atoms. The molecule has 0 aliphatic carbocycles. The van der Waals surface area contributed by atoms with E-state index in [2.05, 4.69) is 6.92 Å². The summed E-state index contributed by atoms with van der Waals surface area (Å²) in [4.78, 5) is 26.1. The molecule has 0 atom stereocenters. The summed E-state index contributed by atoms with van der Waals surface area (Å²) in [5.74, 6) is 0.265. The van der Waals surface area contributed by atoms with Gasteiger partial charge in [-0.05, 0) is 37.8 Å². The number of amides is 1. The highest BCUT2D eigenvalue weighted by Crippen LogP contribution is 2.15. The van der Waals surface area contributed by atoms with Crippen LogP contribution in [-0.4, -0.2) is 29.7 Å². The van der Waals surface area contributed by atoms with Crippen molar-refractivity contribution in [1.82, 2.24) is 4.90 Å². The summed E-state index contributed by atoms with van der Waals surface area (Å²) in [7, 11) is 0. The van der Waals surface area contributed by atoms with Crippen LogP contribution in [0.1, 0.15) is 66.2 Å². The number of likely N-dealkylation sites (tertiary alicyclic amines) is 1. The number of carbonyl (C=O) groups is 2. The Kier molecular flexibility index (Phi) is 5.33. The van der Waals surface area contributed by atoms with Crippen LogP contribution < -0.4 is 0 Å². The molecule has 1 aromatic rings. The van der Waals surface area contributed by atoms with E-state index in [9.17, 15) is 9.59 Å². The van der Waals surface area contributed by atoms with Gasteiger partial charge in [0.1, 0.15) is 0 Å². The molecule has 0 saturated carbocycles. The van der Waals surface area contributed by atoms with Crippen molar-refractivity contribution < 1.29 is 9.59 Å². The maximum Gasteiger partial charge on any atom is 0.253 e. The Labute approximate surface area is 121 Å². The lowest BCUT2D eigenvalue weighted by molar-refractivity contribution is 0.0724. The van der Waals surface area contributed by atoms with Crippen LogP contribution in [0.25, 0.3) is 0 Å². The minimum atomic E-state index is 0.0947. The van der Waals surface area contributed by atoms with Crippen LogP contribution in [0.5, 0.6) is 0 Å². The average Bonchev–Trinajstić information content (AvgIpc) is 2.53. The van der Waals surface area contributed by atoms with E-state index >= 15 is 0 Å². The third-order valence-corrected chi connectivity index (χ3v) is 3.85. The van der Waals surface area contributed by atoms with Gasteiger partial charge in [-0.15, -0.1) is 0 Å². The molecule has 1 aliphatic rings. The summed E-state index contributed by atoms with van der Waals surface area (Å²) in [6.07, 6.45) is 5.95. The second-order valence-corrected chi connectivity index (χ2v) is 5.46. The van der Waals surface area contributed by atoms with Crippen LogP contribution in [0.4, 0.5) is 0 Å². The van der Waals surface area contributed by atoms with E-state index in [1.165, 1.54) is 6.42 Å². The molecule has 1 aromatic carbocycles. The fraction of sp³-hybridized carbons (Fsp3) is 0.529. The van der Waals surface area contributed by atoms with Crippen molar-refractivity contribution in [3.8, 4) is 0 Å². The molecule has 1 aliphatic heterocycles. The summed E-state index contributed by atoms with van der Waals surface area (Å²) in [5.41, 5.74) is 1.41. The summed E-state index contributed by atoms with van der Waals surface area (Å²) >= 11 is 0. The summed E-state index contributed by atoms with van der Waals surface area (Å²) < 4.78 is 0. The van der Waals surface area contributed by atoms with Crippen LogP contribution in [-0.2, 0) is 0 Å². The van der Waals surface area contributed by atoms with Crippen molar-refractivity contribution in [1.29, 1.82) is 0 Å². The summed E-state index contributed by atoms with van der Waals surface area (Å²) in [5, 5.41) is 0. The number of unbranched alkanes of at least 4 members (excludes halogenated alkanes) is 1. The number of rotatable bonds is 5. The first-order valence-corrected chi connectivity index (χ1v) is 7.65. The number of benzene rings is 1. The average molecular weight is 273 g/mol. The third-order valence-electron chi connectivity index (χ3n) is 3.85. The molecule has 1 amide bonds. The van der Waals surface area contributed by atoms with Gasteiger partial charge in [0.15, 0.2) is 5.78 Å². The third kappa shape index (κ3) is 3.69. The molecule has 1 saturated heterocycles. The lowest BCUT2D eigenvalue weighted by Crippen LogP contribution is -2.35.